The summed E-state index contributed by atoms with van der Waals surface area (Å²) in [6.07, 6.45) is 0. The van der Waals surface area contributed by atoms with E-state index in [0.29, 0.717) is 24.4 Å². The Morgan fingerprint density at radius 1 is 1.44 bits per heavy atom. The van der Waals surface area contributed by atoms with Gasteiger partial charge in [-0.2, -0.15) is 0 Å². The number of nitrogens with two attached hydrogens (primary N) is 1. The van der Waals surface area contributed by atoms with Crippen molar-refractivity contribution >= 4 is 27.5 Å². The Balaban J connectivity index is 2.94. The quantitative estimate of drug-likeness (QED) is 0.850. The zero-order valence-corrected chi connectivity index (χ0v) is 12.5. The highest BCUT2D eigenvalue weighted by Crippen LogP contribution is 2.19. The van der Waals surface area contributed by atoms with E-state index in [4.69, 9.17) is 10.5 Å². The molecule has 0 radical (unpaired) electrons. The fourth-order valence-corrected chi connectivity index (χ4v) is 2.20. The molecule has 1 amide bonds. The van der Waals surface area contributed by atoms with Crippen LogP contribution < -0.4 is 5.73 Å². The van der Waals surface area contributed by atoms with Crippen LogP contribution in [-0.4, -0.2) is 37.1 Å². The molecule has 1 aromatic rings. The molecule has 0 atom stereocenters. The molecule has 1 rings (SSSR count). The number of hydrogen-bond donors (Lipinski definition) is 1. The van der Waals surface area contributed by atoms with Crippen LogP contribution in [0.15, 0.2) is 22.7 Å². The van der Waals surface area contributed by atoms with Crippen LogP contribution in [0.4, 0.5) is 5.69 Å². The SMILES string of the molecule is COCCN(C(=O)c1cc(N)cc(Br)c1)C(C)C. The van der Waals surface area contributed by atoms with Crippen molar-refractivity contribution in [1.82, 2.24) is 4.90 Å². The second-order valence-electron chi connectivity index (χ2n) is 4.36. The molecule has 0 aliphatic heterocycles. The number of hydrogen-bond acceptors (Lipinski definition) is 3. The predicted octanol–water partition coefficient (Wildman–Crippen LogP) is 2.53. The third-order valence-electron chi connectivity index (χ3n) is 2.59. The minimum absolute atomic E-state index is 0.0324. The van der Waals surface area contributed by atoms with Gasteiger partial charge in [-0.25, -0.2) is 0 Å². The first-order chi connectivity index (χ1) is 8.45. The third-order valence-corrected chi connectivity index (χ3v) is 3.05. The van der Waals surface area contributed by atoms with Gasteiger partial charge < -0.3 is 15.4 Å². The van der Waals surface area contributed by atoms with Gasteiger partial charge in [-0.3, -0.25) is 4.79 Å². The molecular formula is C13H19BrN2O2. The summed E-state index contributed by atoms with van der Waals surface area (Å²) in [5.74, 6) is -0.0324. The monoisotopic (exact) mass is 314 g/mol. The molecule has 0 unspecified atom stereocenters. The molecule has 0 saturated carbocycles. The molecule has 4 nitrogen and oxygen atoms in total. The predicted molar refractivity (Wildman–Crippen MR) is 76.6 cm³/mol. The van der Waals surface area contributed by atoms with Gasteiger partial charge >= 0.3 is 0 Å². The first-order valence-corrected chi connectivity index (χ1v) is 6.61. The fourth-order valence-electron chi connectivity index (χ4n) is 1.69. The van der Waals surface area contributed by atoms with Gasteiger partial charge in [0.2, 0.25) is 0 Å². The average molecular weight is 315 g/mol. The van der Waals surface area contributed by atoms with Gasteiger partial charge in [0.05, 0.1) is 6.61 Å². The normalized spacial score (nSPS) is 10.7. The number of halogens is 1. The van der Waals surface area contributed by atoms with E-state index >= 15 is 0 Å². The fraction of sp³-hybridized carbons (Fsp3) is 0.462. The molecule has 1 aromatic carbocycles. The molecule has 0 saturated heterocycles. The second-order valence-corrected chi connectivity index (χ2v) is 5.27. The Morgan fingerprint density at radius 3 is 2.61 bits per heavy atom. The van der Waals surface area contributed by atoms with Crippen LogP contribution >= 0.6 is 15.9 Å². The molecule has 0 aliphatic carbocycles. The Kier molecular flexibility index (Phi) is 5.62. The molecule has 0 spiro atoms. The van der Waals surface area contributed by atoms with Crippen molar-refractivity contribution in [3.63, 3.8) is 0 Å². The van der Waals surface area contributed by atoms with Gasteiger partial charge in [-0.1, -0.05) is 15.9 Å². The minimum Gasteiger partial charge on any atom is -0.399 e. The Labute approximate surface area is 116 Å². The highest BCUT2D eigenvalue weighted by atomic mass is 79.9. The number of anilines is 1. The van der Waals surface area contributed by atoms with Crippen LogP contribution in [0.3, 0.4) is 0 Å². The Hall–Kier alpha value is -1.07. The van der Waals surface area contributed by atoms with Crippen molar-refractivity contribution in [2.24, 2.45) is 0 Å². The third kappa shape index (κ3) is 3.99. The van der Waals surface area contributed by atoms with Crippen LogP contribution in [0.25, 0.3) is 0 Å². The number of nitrogen functional groups attached to an aromatic ring is 1. The van der Waals surface area contributed by atoms with Crippen LogP contribution in [0.5, 0.6) is 0 Å². The highest BCUT2D eigenvalue weighted by molar-refractivity contribution is 9.10. The summed E-state index contributed by atoms with van der Waals surface area (Å²) in [6, 6.07) is 5.36. The number of ether oxygens (including phenoxy) is 1. The molecule has 100 valence electrons. The number of carbonyl (C=O) groups is 1. The summed E-state index contributed by atoms with van der Waals surface area (Å²) < 4.78 is 5.83. The van der Waals surface area contributed by atoms with E-state index in [1.165, 1.54) is 0 Å². The summed E-state index contributed by atoms with van der Waals surface area (Å²) in [5.41, 5.74) is 6.91. The lowest BCUT2D eigenvalue weighted by atomic mass is 10.1. The zero-order valence-electron chi connectivity index (χ0n) is 10.9. The summed E-state index contributed by atoms with van der Waals surface area (Å²) in [6.45, 7) is 5.05. The summed E-state index contributed by atoms with van der Waals surface area (Å²) >= 11 is 3.34. The molecule has 0 fully saturated rings. The number of rotatable bonds is 5. The topological polar surface area (TPSA) is 55.6 Å². The van der Waals surface area contributed by atoms with Crippen LogP contribution in [0.2, 0.25) is 0 Å². The molecule has 18 heavy (non-hydrogen) atoms. The smallest absolute Gasteiger partial charge is 0.254 e. The molecule has 0 heterocycles. The van der Waals surface area contributed by atoms with E-state index < -0.39 is 0 Å². The maximum absolute atomic E-state index is 12.4. The standard InChI is InChI=1S/C13H19BrN2O2/c1-9(2)16(4-5-18-3)13(17)10-6-11(14)8-12(15)7-10/h6-9H,4-5,15H2,1-3H3. The number of benzene rings is 1. The molecule has 5 heteroatoms. The van der Waals surface area contributed by atoms with E-state index in [9.17, 15) is 4.79 Å². The van der Waals surface area contributed by atoms with Crippen LogP contribution in [0.1, 0.15) is 24.2 Å². The van der Waals surface area contributed by atoms with Gasteiger partial charge in [0.1, 0.15) is 0 Å². The van der Waals surface area contributed by atoms with E-state index in [-0.39, 0.29) is 11.9 Å². The van der Waals surface area contributed by atoms with Gasteiger partial charge in [0.25, 0.3) is 5.91 Å². The maximum atomic E-state index is 12.4. The summed E-state index contributed by atoms with van der Waals surface area (Å²) in [7, 11) is 1.63. The van der Waals surface area contributed by atoms with Gasteiger partial charge in [-0.05, 0) is 32.0 Å². The maximum Gasteiger partial charge on any atom is 0.254 e. The second kappa shape index (κ2) is 6.75. The van der Waals surface area contributed by atoms with E-state index in [0.717, 1.165) is 4.47 Å². The minimum atomic E-state index is -0.0324. The van der Waals surface area contributed by atoms with E-state index in [1.54, 1.807) is 30.2 Å². The van der Waals surface area contributed by atoms with Crippen molar-refractivity contribution in [1.29, 1.82) is 0 Å². The number of methoxy groups -OCH3 is 1. The average Bonchev–Trinajstić information content (AvgIpc) is 2.27. The van der Waals surface area contributed by atoms with Gasteiger partial charge in [0.15, 0.2) is 0 Å². The van der Waals surface area contributed by atoms with Crippen molar-refractivity contribution in [3.05, 3.63) is 28.2 Å². The molecule has 0 bridgehead atoms. The lowest BCUT2D eigenvalue weighted by Crippen LogP contribution is -2.39. The van der Waals surface area contributed by atoms with Crippen LogP contribution in [-0.2, 0) is 4.74 Å². The lowest BCUT2D eigenvalue weighted by molar-refractivity contribution is 0.0635. The number of nitrogens with zero attached hydrogens (tertiary/aromatic N) is 1. The first kappa shape index (κ1) is 15.0. The molecule has 0 aliphatic rings. The van der Waals surface area contributed by atoms with E-state index in [2.05, 4.69) is 15.9 Å². The van der Waals surface area contributed by atoms with Crippen molar-refractivity contribution in [3.8, 4) is 0 Å². The van der Waals surface area contributed by atoms with Gasteiger partial charge in [-0.15, -0.1) is 0 Å². The Bertz CT molecular complexity index is 401. The van der Waals surface area contributed by atoms with Crippen molar-refractivity contribution in [2.45, 2.75) is 19.9 Å². The molecule has 0 aromatic heterocycles. The summed E-state index contributed by atoms with van der Waals surface area (Å²) in [5, 5.41) is 0. The summed E-state index contributed by atoms with van der Waals surface area (Å²) in [4.78, 5) is 14.2. The largest absolute Gasteiger partial charge is 0.399 e. The molecular weight excluding hydrogens is 296 g/mol. The highest BCUT2D eigenvalue weighted by Gasteiger charge is 2.19. The van der Waals surface area contributed by atoms with Crippen molar-refractivity contribution < 1.29 is 9.53 Å². The lowest BCUT2D eigenvalue weighted by Gasteiger charge is -2.26. The van der Waals surface area contributed by atoms with Crippen molar-refractivity contribution in [2.75, 3.05) is 26.0 Å². The molecule has 2 N–H and O–H groups in total. The number of amides is 1. The zero-order chi connectivity index (χ0) is 13.7. The Morgan fingerprint density at radius 2 is 2.11 bits per heavy atom. The van der Waals surface area contributed by atoms with E-state index in [1.807, 2.05) is 13.8 Å². The first-order valence-electron chi connectivity index (χ1n) is 5.81. The van der Waals surface area contributed by atoms with Gasteiger partial charge in [0, 0.05) is 35.4 Å². The number of carbonyl (C=O) groups excluding carboxylic acids is 1. The van der Waals surface area contributed by atoms with Crippen LogP contribution in [0, 0.1) is 0 Å².